The molecule has 0 aromatic carbocycles. The number of aldehydes is 1. The number of rotatable bonds is 6. The number of carbonyl (C=O) groups is 2. The highest BCUT2D eigenvalue weighted by Gasteiger charge is 2.02. The first-order valence-corrected chi connectivity index (χ1v) is 4.61. The molecule has 5 nitrogen and oxygen atoms in total. The van der Waals surface area contributed by atoms with E-state index in [0.29, 0.717) is 6.29 Å². The van der Waals surface area contributed by atoms with Crippen LogP contribution in [-0.4, -0.2) is 33.4 Å². The van der Waals surface area contributed by atoms with Crippen LogP contribution in [0.2, 0.25) is 0 Å². The number of carbonyl (C=O) groups excluding carboxylic acids is 2. The van der Waals surface area contributed by atoms with Crippen molar-refractivity contribution in [1.29, 1.82) is 0 Å². The van der Waals surface area contributed by atoms with Crippen LogP contribution in [0.1, 0.15) is 12.8 Å². The van der Waals surface area contributed by atoms with Gasteiger partial charge in [0.15, 0.2) is 11.1 Å². The summed E-state index contributed by atoms with van der Waals surface area (Å²) in [4.78, 5) is 20.4. The molecule has 0 radical (unpaired) electrons. The predicted molar refractivity (Wildman–Crippen MR) is 41.9 cm³/mol. The molecule has 6 heteroatoms. The molecule has 70 valence electrons. The molecule has 1 atom stereocenters. The standard InChI is InChI=1S/C6H10O5S/c7-3-1-2-6(8)11-4-5-12(9)10/h3H,1-2,4-5H2,(H,9,10). The topological polar surface area (TPSA) is 80.7 Å². The Morgan fingerprint density at radius 3 is 2.75 bits per heavy atom. The monoisotopic (exact) mass is 194 g/mol. The number of esters is 1. The third-order valence-corrected chi connectivity index (χ3v) is 1.50. The van der Waals surface area contributed by atoms with Crippen LogP contribution >= 0.6 is 0 Å². The largest absolute Gasteiger partial charge is 0.465 e. The summed E-state index contributed by atoms with van der Waals surface area (Å²) < 4.78 is 22.8. The van der Waals surface area contributed by atoms with E-state index in [4.69, 9.17) is 4.55 Å². The summed E-state index contributed by atoms with van der Waals surface area (Å²) in [7, 11) is 0. The van der Waals surface area contributed by atoms with E-state index < -0.39 is 17.0 Å². The van der Waals surface area contributed by atoms with E-state index >= 15 is 0 Å². The van der Waals surface area contributed by atoms with E-state index in [-0.39, 0.29) is 25.2 Å². The van der Waals surface area contributed by atoms with Crippen molar-refractivity contribution in [1.82, 2.24) is 0 Å². The van der Waals surface area contributed by atoms with Crippen molar-refractivity contribution in [3.63, 3.8) is 0 Å². The van der Waals surface area contributed by atoms with Crippen molar-refractivity contribution in [2.75, 3.05) is 12.4 Å². The maximum absolute atomic E-state index is 10.6. The van der Waals surface area contributed by atoms with Gasteiger partial charge in [0.05, 0.1) is 12.2 Å². The number of hydrogen-bond acceptors (Lipinski definition) is 4. The lowest BCUT2D eigenvalue weighted by atomic mass is 10.3. The van der Waals surface area contributed by atoms with Crippen molar-refractivity contribution in [2.45, 2.75) is 12.8 Å². The highest BCUT2D eigenvalue weighted by atomic mass is 32.2. The highest BCUT2D eigenvalue weighted by molar-refractivity contribution is 7.79. The van der Waals surface area contributed by atoms with Crippen LogP contribution in [0.3, 0.4) is 0 Å². The molecule has 0 heterocycles. The summed E-state index contributed by atoms with van der Waals surface area (Å²) >= 11 is -1.93. The van der Waals surface area contributed by atoms with E-state index in [1.54, 1.807) is 0 Å². The maximum atomic E-state index is 10.6. The van der Waals surface area contributed by atoms with Crippen molar-refractivity contribution in [3.8, 4) is 0 Å². The normalized spacial score (nSPS) is 12.1. The van der Waals surface area contributed by atoms with Crippen LogP contribution in [0.15, 0.2) is 0 Å². The molecule has 0 spiro atoms. The van der Waals surface area contributed by atoms with Gasteiger partial charge in [0.2, 0.25) is 0 Å². The number of hydrogen-bond donors (Lipinski definition) is 1. The summed E-state index contributed by atoms with van der Waals surface area (Å²) in [5, 5.41) is 0. The third-order valence-electron chi connectivity index (χ3n) is 0.987. The van der Waals surface area contributed by atoms with E-state index in [2.05, 4.69) is 4.74 Å². The average molecular weight is 194 g/mol. The Hall–Kier alpha value is -0.750. The van der Waals surface area contributed by atoms with Crippen molar-refractivity contribution in [2.24, 2.45) is 0 Å². The minimum atomic E-state index is -1.93. The Labute approximate surface area is 72.4 Å². The molecule has 0 saturated heterocycles. The highest BCUT2D eigenvalue weighted by Crippen LogP contribution is 1.89. The molecular weight excluding hydrogens is 184 g/mol. The zero-order chi connectivity index (χ0) is 9.40. The van der Waals surface area contributed by atoms with Gasteiger partial charge in [0.25, 0.3) is 0 Å². The second kappa shape index (κ2) is 6.93. The maximum Gasteiger partial charge on any atom is 0.306 e. The summed E-state index contributed by atoms with van der Waals surface area (Å²) in [6.07, 6.45) is 0.772. The molecule has 0 aromatic rings. The van der Waals surface area contributed by atoms with Gasteiger partial charge in [0, 0.05) is 6.42 Å². The van der Waals surface area contributed by atoms with E-state index in [9.17, 15) is 13.8 Å². The minimum absolute atomic E-state index is 0.0293. The zero-order valence-corrected chi connectivity index (χ0v) is 7.21. The lowest BCUT2D eigenvalue weighted by molar-refractivity contribution is -0.143. The first-order valence-electron chi connectivity index (χ1n) is 3.33. The van der Waals surface area contributed by atoms with Crippen LogP contribution < -0.4 is 0 Å². The van der Waals surface area contributed by atoms with Gasteiger partial charge in [-0.05, 0) is 0 Å². The molecule has 0 rings (SSSR count). The smallest absolute Gasteiger partial charge is 0.306 e. The van der Waals surface area contributed by atoms with Crippen molar-refractivity contribution < 1.29 is 23.1 Å². The molecular formula is C6H10O5S. The van der Waals surface area contributed by atoms with E-state index in [1.807, 2.05) is 0 Å². The van der Waals surface area contributed by atoms with Crippen molar-refractivity contribution in [3.05, 3.63) is 0 Å². The summed E-state index contributed by atoms with van der Waals surface area (Å²) in [5.41, 5.74) is 0. The zero-order valence-electron chi connectivity index (χ0n) is 6.39. The lowest BCUT2D eigenvalue weighted by Gasteiger charge is -2.00. The molecule has 12 heavy (non-hydrogen) atoms. The third kappa shape index (κ3) is 7.36. The fraction of sp³-hybridized carbons (Fsp3) is 0.667. The van der Waals surface area contributed by atoms with Crippen LogP contribution in [0.25, 0.3) is 0 Å². The van der Waals surface area contributed by atoms with Gasteiger partial charge < -0.3 is 14.1 Å². The first kappa shape index (κ1) is 11.2. The van der Waals surface area contributed by atoms with E-state index in [0.717, 1.165) is 0 Å². The molecule has 1 unspecified atom stereocenters. The Bertz CT molecular complexity index is 179. The van der Waals surface area contributed by atoms with Crippen molar-refractivity contribution >= 4 is 23.3 Å². The Morgan fingerprint density at radius 1 is 1.58 bits per heavy atom. The Kier molecular flexibility index (Phi) is 6.50. The van der Waals surface area contributed by atoms with E-state index in [1.165, 1.54) is 0 Å². The minimum Gasteiger partial charge on any atom is -0.465 e. The lowest BCUT2D eigenvalue weighted by Crippen LogP contribution is -2.10. The quantitative estimate of drug-likeness (QED) is 0.357. The molecule has 0 aliphatic carbocycles. The van der Waals surface area contributed by atoms with Gasteiger partial charge in [-0.25, -0.2) is 4.21 Å². The van der Waals surface area contributed by atoms with Crippen LogP contribution in [0.5, 0.6) is 0 Å². The summed E-state index contributed by atoms with van der Waals surface area (Å²) in [5.74, 6) is -0.611. The van der Waals surface area contributed by atoms with Gasteiger partial charge in [-0.1, -0.05) is 0 Å². The van der Waals surface area contributed by atoms with Crippen LogP contribution in [0, 0.1) is 0 Å². The van der Waals surface area contributed by atoms with Crippen LogP contribution in [-0.2, 0) is 25.4 Å². The number of ether oxygens (including phenoxy) is 1. The fourth-order valence-electron chi connectivity index (χ4n) is 0.476. The summed E-state index contributed by atoms with van der Waals surface area (Å²) in [6.45, 7) is -0.0825. The molecule has 0 aliphatic heterocycles. The molecule has 0 aromatic heterocycles. The Morgan fingerprint density at radius 2 is 2.25 bits per heavy atom. The fourth-order valence-corrected chi connectivity index (χ4v) is 0.702. The van der Waals surface area contributed by atoms with Gasteiger partial charge >= 0.3 is 5.97 Å². The first-order chi connectivity index (χ1) is 5.66. The van der Waals surface area contributed by atoms with Gasteiger partial charge in [-0.15, -0.1) is 0 Å². The average Bonchev–Trinajstić information content (AvgIpc) is 2.00. The molecule has 0 aliphatic rings. The summed E-state index contributed by atoms with van der Waals surface area (Å²) in [6, 6.07) is 0. The van der Waals surface area contributed by atoms with Gasteiger partial charge in [-0.2, -0.15) is 0 Å². The molecule has 0 fully saturated rings. The molecule has 0 saturated carbocycles. The Balaban J connectivity index is 3.31. The predicted octanol–water partition coefficient (Wildman–Crippen LogP) is -0.270. The molecule has 0 amide bonds. The van der Waals surface area contributed by atoms with Gasteiger partial charge in [0.1, 0.15) is 12.9 Å². The molecule has 1 N–H and O–H groups in total. The molecule has 0 bridgehead atoms. The van der Waals surface area contributed by atoms with Crippen LogP contribution in [0.4, 0.5) is 0 Å². The SMILES string of the molecule is O=CCCC(=O)OCCS(=O)O. The second-order valence-corrected chi connectivity index (χ2v) is 3.00. The van der Waals surface area contributed by atoms with Gasteiger partial charge in [-0.3, -0.25) is 4.79 Å². The second-order valence-electron chi connectivity index (χ2n) is 1.95.